The first-order valence-electron chi connectivity index (χ1n) is 3.63. The predicted octanol–water partition coefficient (Wildman–Crippen LogP) is 3.72. The van der Waals surface area contributed by atoms with E-state index in [9.17, 15) is 0 Å². The molecular weight excluding hydrogens is 140 g/mol. The summed E-state index contributed by atoms with van der Waals surface area (Å²) in [5, 5.41) is 2.08. The highest BCUT2D eigenvalue weighted by atomic mass is 32.1. The molecule has 0 saturated heterocycles. The summed E-state index contributed by atoms with van der Waals surface area (Å²) in [5.74, 6) is 0.833. The van der Waals surface area contributed by atoms with Gasteiger partial charge in [0.15, 0.2) is 0 Å². The summed E-state index contributed by atoms with van der Waals surface area (Å²) in [7, 11) is 0. The first kappa shape index (κ1) is 9.70. The van der Waals surface area contributed by atoms with Gasteiger partial charge in [0, 0.05) is 4.88 Å². The zero-order valence-corrected chi connectivity index (χ0v) is 8.03. The van der Waals surface area contributed by atoms with Crippen LogP contribution in [0.2, 0.25) is 0 Å². The smallest absolute Gasteiger partial charge is 0.00141 e. The fourth-order valence-electron chi connectivity index (χ4n) is 0.361. The van der Waals surface area contributed by atoms with Gasteiger partial charge < -0.3 is 0 Å². The molecule has 0 saturated carbocycles. The Bertz CT molecular complexity index is 137. The largest absolute Gasteiger partial charge is 0.149 e. The molecule has 0 N–H and O–H groups in total. The van der Waals surface area contributed by atoms with Crippen LogP contribution < -0.4 is 0 Å². The van der Waals surface area contributed by atoms with E-state index in [1.54, 1.807) is 11.3 Å². The zero-order chi connectivity index (χ0) is 7.98. The van der Waals surface area contributed by atoms with E-state index in [0.717, 1.165) is 5.92 Å². The number of rotatable bonds is 0. The summed E-state index contributed by atoms with van der Waals surface area (Å²) in [5.41, 5.74) is 0. The molecule has 0 fully saturated rings. The molecule has 0 aromatic carbocycles. The lowest BCUT2D eigenvalue weighted by Gasteiger charge is -1.79. The molecule has 0 unspecified atom stereocenters. The van der Waals surface area contributed by atoms with Crippen LogP contribution in [0.1, 0.15) is 25.6 Å². The Morgan fingerprint density at radius 2 is 1.80 bits per heavy atom. The number of thiophene rings is 1. The van der Waals surface area contributed by atoms with Crippen molar-refractivity contribution in [2.45, 2.75) is 27.7 Å². The summed E-state index contributed by atoms with van der Waals surface area (Å²) in [6, 6.07) is 4.16. The van der Waals surface area contributed by atoms with E-state index in [-0.39, 0.29) is 0 Å². The molecule has 0 bridgehead atoms. The van der Waals surface area contributed by atoms with Gasteiger partial charge in [-0.2, -0.15) is 0 Å². The molecule has 0 aliphatic carbocycles. The summed E-state index contributed by atoms with van der Waals surface area (Å²) in [6.07, 6.45) is 0. The van der Waals surface area contributed by atoms with Crippen molar-refractivity contribution in [1.29, 1.82) is 0 Å². The van der Waals surface area contributed by atoms with Crippen LogP contribution in [0.5, 0.6) is 0 Å². The second-order valence-electron chi connectivity index (χ2n) is 2.96. The second kappa shape index (κ2) is 5.48. The van der Waals surface area contributed by atoms with Crippen molar-refractivity contribution in [3.8, 4) is 0 Å². The summed E-state index contributed by atoms with van der Waals surface area (Å²) < 4.78 is 0. The van der Waals surface area contributed by atoms with Gasteiger partial charge >= 0.3 is 0 Å². The number of hydrogen-bond donors (Lipinski definition) is 0. The lowest BCUT2D eigenvalue weighted by Crippen LogP contribution is -1.66. The lowest BCUT2D eigenvalue weighted by molar-refractivity contribution is 0.737. The van der Waals surface area contributed by atoms with Gasteiger partial charge in [-0.1, -0.05) is 26.8 Å². The minimum atomic E-state index is 0.833. The lowest BCUT2D eigenvalue weighted by atomic mass is 10.3. The zero-order valence-electron chi connectivity index (χ0n) is 7.22. The van der Waals surface area contributed by atoms with Crippen molar-refractivity contribution in [2.75, 3.05) is 0 Å². The van der Waals surface area contributed by atoms with Crippen molar-refractivity contribution in [1.82, 2.24) is 0 Å². The summed E-state index contributed by atoms with van der Waals surface area (Å²) >= 11 is 1.78. The Hall–Kier alpha value is -0.300. The van der Waals surface area contributed by atoms with E-state index < -0.39 is 0 Å². The maximum absolute atomic E-state index is 2.17. The monoisotopic (exact) mass is 156 g/mol. The van der Waals surface area contributed by atoms with Crippen molar-refractivity contribution >= 4 is 11.3 Å². The Morgan fingerprint density at radius 3 is 1.90 bits per heavy atom. The molecular formula is C9H16S. The highest BCUT2D eigenvalue weighted by Crippen LogP contribution is 2.03. The van der Waals surface area contributed by atoms with Gasteiger partial charge in [-0.25, -0.2) is 0 Å². The third kappa shape index (κ3) is 7.70. The molecule has 1 aromatic rings. The average Bonchev–Trinajstić information content (AvgIpc) is 2.15. The fraction of sp³-hybridized carbons (Fsp3) is 0.556. The van der Waals surface area contributed by atoms with Crippen LogP contribution in [0.4, 0.5) is 0 Å². The third-order valence-electron chi connectivity index (χ3n) is 0.663. The van der Waals surface area contributed by atoms with Crippen LogP contribution in [-0.4, -0.2) is 0 Å². The van der Waals surface area contributed by atoms with Crippen molar-refractivity contribution in [2.24, 2.45) is 5.92 Å². The molecule has 10 heavy (non-hydrogen) atoms. The molecule has 1 aromatic heterocycles. The van der Waals surface area contributed by atoms with Gasteiger partial charge in [0.05, 0.1) is 0 Å². The third-order valence-corrected chi connectivity index (χ3v) is 1.46. The molecule has 58 valence electrons. The van der Waals surface area contributed by atoms with Crippen molar-refractivity contribution < 1.29 is 0 Å². The molecule has 0 aliphatic rings. The summed E-state index contributed by atoms with van der Waals surface area (Å²) in [6.45, 7) is 8.60. The highest BCUT2D eigenvalue weighted by Gasteiger charge is 1.74. The van der Waals surface area contributed by atoms with E-state index in [2.05, 4.69) is 45.2 Å². The average molecular weight is 156 g/mol. The van der Waals surface area contributed by atoms with Crippen LogP contribution in [-0.2, 0) is 0 Å². The van der Waals surface area contributed by atoms with E-state index in [1.807, 2.05) is 0 Å². The molecule has 0 aliphatic heterocycles. The van der Waals surface area contributed by atoms with Crippen LogP contribution in [0.3, 0.4) is 0 Å². The van der Waals surface area contributed by atoms with Gasteiger partial charge in [-0.05, 0) is 24.3 Å². The first-order chi connectivity index (χ1) is 4.63. The predicted molar refractivity (Wildman–Crippen MR) is 49.6 cm³/mol. The molecule has 1 heteroatoms. The Kier molecular flexibility index (Phi) is 5.32. The van der Waals surface area contributed by atoms with Crippen LogP contribution in [0, 0.1) is 12.8 Å². The quantitative estimate of drug-likeness (QED) is 0.537. The SMILES string of the molecule is CC(C)C.Cc1cccs1. The molecule has 0 radical (unpaired) electrons. The number of aryl methyl sites for hydroxylation is 1. The van der Waals surface area contributed by atoms with Gasteiger partial charge in [-0.3, -0.25) is 0 Å². The van der Waals surface area contributed by atoms with Gasteiger partial charge in [-0.15, -0.1) is 11.3 Å². The van der Waals surface area contributed by atoms with E-state index >= 15 is 0 Å². The minimum absolute atomic E-state index is 0.833. The topological polar surface area (TPSA) is 0 Å². The minimum Gasteiger partial charge on any atom is -0.149 e. The molecule has 0 spiro atoms. The highest BCUT2D eigenvalue weighted by molar-refractivity contribution is 7.09. The van der Waals surface area contributed by atoms with Gasteiger partial charge in [0.2, 0.25) is 0 Å². The van der Waals surface area contributed by atoms with E-state index in [4.69, 9.17) is 0 Å². The molecule has 0 atom stereocenters. The van der Waals surface area contributed by atoms with E-state index in [0.29, 0.717) is 0 Å². The molecule has 1 heterocycles. The Labute approximate surface area is 67.9 Å². The van der Waals surface area contributed by atoms with Crippen LogP contribution in [0.25, 0.3) is 0 Å². The fourth-order valence-corrected chi connectivity index (χ4v) is 0.890. The summed E-state index contributed by atoms with van der Waals surface area (Å²) in [4.78, 5) is 1.38. The maximum atomic E-state index is 2.17. The second-order valence-corrected chi connectivity index (χ2v) is 4.11. The standard InChI is InChI=1S/C5H6S.C4H10/c1-5-3-2-4-6-5;1-4(2)3/h2-4H,1H3;4H,1-3H3. The van der Waals surface area contributed by atoms with Crippen molar-refractivity contribution in [3.63, 3.8) is 0 Å². The number of hydrogen-bond acceptors (Lipinski definition) is 1. The van der Waals surface area contributed by atoms with Crippen LogP contribution >= 0.6 is 11.3 Å². The Balaban J connectivity index is 0.000000180. The molecule has 0 amide bonds. The first-order valence-corrected chi connectivity index (χ1v) is 4.51. The van der Waals surface area contributed by atoms with Gasteiger partial charge in [0.1, 0.15) is 0 Å². The Morgan fingerprint density at radius 1 is 1.30 bits per heavy atom. The van der Waals surface area contributed by atoms with Gasteiger partial charge in [0.25, 0.3) is 0 Å². The molecule has 0 nitrogen and oxygen atoms in total. The van der Waals surface area contributed by atoms with Crippen molar-refractivity contribution in [3.05, 3.63) is 22.4 Å². The normalized spacial score (nSPS) is 8.90. The maximum Gasteiger partial charge on any atom is 0.00141 e. The molecule has 1 rings (SSSR count). The van der Waals surface area contributed by atoms with Crippen LogP contribution in [0.15, 0.2) is 17.5 Å². The van der Waals surface area contributed by atoms with E-state index in [1.165, 1.54) is 4.88 Å².